The number of hydrogen-bond acceptors (Lipinski definition) is 5. The minimum Gasteiger partial charge on any atom is -0.493 e. The second-order valence-corrected chi connectivity index (χ2v) is 11.8. The Kier molecular flexibility index (Phi) is 8.36. The van der Waals surface area contributed by atoms with E-state index in [4.69, 9.17) is 5.10 Å². The van der Waals surface area contributed by atoms with Gasteiger partial charge in [-0.15, -0.1) is 0 Å². The second kappa shape index (κ2) is 12.4. The largest absolute Gasteiger partial charge is 0.493 e. The molecule has 0 aliphatic heterocycles. The van der Waals surface area contributed by atoms with E-state index in [2.05, 4.69) is 16.9 Å². The zero-order chi connectivity index (χ0) is 31.8. The molecule has 1 fully saturated rings. The fourth-order valence-electron chi connectivity index (χ4n) is 6.35. The summed E-state index contributed by atoms with van der Waals surface area (Å²) in [4.78, 5) is 22.7. The first-order chi connectivity index (χ1) is 21.7. The summed E-state index contributed by atoms with van der Waals surface area (Å²) >= 11 is 0. The molecule has 0 bridgehead atoms. The van der Waals surface area contributed by atoms with Gasteiger partial charge in [0, 0.05) is 29.9 Å². The molecule has 1 aliphatic carbocycles. The van der Waals surface area contributed by atoms with Gasteiger partial charge in [-0.05, 0) is 79.0 Å². The lowest BCUT2D eigenvalue weighted by Gasteiger charge is -2.19. The molecule has 1 saturated carbocycles. The molecule has 6 rings (SSSR count). The molecule has 0 amide bonds. The fourth-order valence-corrected chi connectivity index (χ4v) is 6.35. The molecule has 0 radical (unpaired) electrons. The number of aromatic hydroxyl groups is 1. The third kappa shape index (κ3) is 5.67. The number of nitrogens with zero attached hydrogens (tertiary/aromatic N) is 5. The number of benzene rings is 2. The van der Waals surface area contributed by atoms with Crippen LogP contribution in [0.1, 0.15) is 73.9 Å². The maximum Gasteiger partial charge on any atom is 0.265 e. The molecule has 2 atom stereocenters. The molecular formula is C36H37F2N5O2. The Balaban J connectivity index is 1.47. The van der Waals surface area contributed by atoms with Crippen LogP contribution in [0.4, 0.5) is 8.78 Å². The Morgan fingerprint density at radius 1 is 1.00 bits per heavy atom. The standard InChI is InChI=1S/C36H37F2N5O2/c1-5-9-25-20-31(25)42-17-15-30(41-42)34-40-35(44)28(36(45)43(34)32-23(6-2)10-8-11-24(32)7-3)18-22-12-13-27(29(37)19-22)26-14-16-39-33(38)21(26)4/h8,10-17,19,25,31,44H,5-7,9,18,20H2,1-4H3. The van der Waals surface area contributed by atoms with Crippen LogP contribution in [0.5, 0.6) is 5.88 Å². The summed E-state index contributed by atoms with van der Waals surface area (Å²) in [5.74, 6) is -0.787. The number of para-hydroxylation sites is 1. The lowest BCUT2D eigenvalue weighted by Crippen LogP contribution is -2.27. The van der Waals surface area contributed by atoms with Crippen LogP contribution < -0.4 is 5.56 Å². The van der Waals surface area contributed by atoms with Crippen LogP contribution in [0.2, 0.25) is 0 Å². The van der Waals surface area contributed by atoms with Gasteiger partial charge in [-0.2, -0.15) is 14.5 Å². The number of aryl methyl sites for hydroxylation is 2. The van der Waals surface area contributed by atoms with Gasteiger partial charge in [-0.1, -0.05) is 57.5 Å². The molecule has 2 aromatic carbocycles. The highest BCUT2D eigenvalue weighted by atomic mass is 19.1. The molecular weight excluding hydrogens is 572 g/mol. The van der Waals surface area contributed by atoms with Gasteiger partial charge in [0.25, 0.3) is 5.56 Å². The van der Waals surface area contributed by atoms with E-state index in [1.54, 1.807) is 29.7 Å². The summed E-state index contributed by atoms with van der Waals surface area (Å²) < 4.78 is 33.0. The first-order valence-corrected chi connectivity index (χ1v) is 15.7. The predicted octanol–water partition coefficient (Wildman–Crippen LogP) is 7.53. The Hall–Kier alpha value is -4.66. The van der Waals surface area contributed by atoms with E-state index in [9.17, 15) is 14.3 Å². The van der Waals surface area contributed by atoms with E-state index in [-0.39, 0.29) is 28.9 Å². The van der Waals surface area contributed by atoms with Crippen LogP contribution in [0.3, 0.4) is 0 Å². The van der Waals surface area contributed by atoms with Gasteiger partial charge in [0.1, 0.15) is 11.5 Å². The van der Waals surface area contributed by atoms with Gasteiger partial charge < -0.3 is 5.11 Å². The molecule has 0 spiro atoms. The highest BCUT2D eigenvalue weighted by Gasteiger charge is 2.38. The van der Waals surface area contributed by atoms with Gasteiger partial charge in [0.05, 0.1) is 17.3 Å². The van der Waals surface area contributed by atoms with Crippen LogP contribution >= 0.6 is 0 Å². The first kappa shape index (κ1) is 30.4. The van der Waals surface area contributed by atoms with Crippen molar-refractivity contribution in [3.05, 3.63) is 111 Å². The third-order valence-corrected chi connectivity index (χ3v) is 8.91. The van der Waals surface area contributed by atoms with Crippen molar-refractivity contribution in [3.8, 4) is 34.2 Å². The van der Waals surface area contributed by atoms with E-state index in [1.165, 1.54) is 12.3 Å². The van der Waals surface area contributed by atoms with Crippen LogP contribution in [-0.2, 0) is 19.3 Å². The smallest absolute Gasteiger partial charge is 0.265 e. The van der Waals surface area contributed by atoms with Crippen molar-refractivity contribution in [1.29, 1.82) is 0 Å². The zero-order valence-electron chi connectivity index (χ0n) is 26.0. The van der Waals surface area contributed by atoms with Crippen LogP contribution in [-0.4, -0.2) is 29.4 Å². The molecule has 3 heterocycles. The van der Waals surface area contributed by atoms with Gasteiger partial charge in [-0.3, -0.25) is 14.0 Å². The molecule has 232 valence electrons. The summed E-state index contributed by atoms with van der Waals surface area (Å²) in [6.45, 7) is 7.80. The molecule has 9 heteroatoms. The Morgan fingerprint density at radius 2 is 1.76 bits per heavy atom. The number of hydrogen-bond donors (Lipinski definition) is 1. The number of rotatable bonds is 10. The number of pyridine rings is 1. The van der Waals surface area contributed by atoms with Crippen molar-refractivity contribution in [3.63, 3.8) is 0 Å². The van der Waals surface area contributed by atoms with Crippen molar-refractivity contribution < 1.29 is 13.9 Å². The highest BCUT2D eigenvalue weighted by molar-refractivity contribution is 5.68. The maximum atomic E-state index is 15.4. The molecule has 7 nitrogen and oxygen atoms in total. The Morgan fingerprint density at radius 3 is 2.44 bits per heavy atom. The molecule has 5 aromatic rings. The average molecular weight is 610 g/mol. The minimum atomic E-state index is -0.658. The van der Waals surface area contributed by atoms with E-state index in [1.807, 2.05) is 49.0 Å². The fraction of sp³-hybridized carbons (Fsp3) is 0.333. The van der Waals surface area contributed by atoms with E-state index >= 15 is 4.39 Å². The molecule has 45 heavy (non-hydrogen) atoms. The topological polar surface area (TPSA) is 85.8 Å². The number of halogens is 2. The Labute approximate surface area is 261 Å². The van der Waals surface area contributed by atoms with E-state index < -0.39 is 23.2 Å². The van der Waals surface area contributed by atoms with Crippen molar-refractivity contribution >= 4 is 0 Å². The number of aromatic nitrogens is 5. The molecule has 0 saturated heterocycles. The first-order valence-electron chi connectivity index (χ1n) is 15.7. The predicted molar refractivity (Wildman–Crippen MR) is 171 cm³/mol. The lowest BCUT2D eigenvalue weighted by molar-refractivity contribution is 0.443. The van der Waals surface area contributed by atoms with Gasteiger partial charge in [-0.25, -0.2) is 9.37 Å². The summed E-state index contributed by atoms with van der Waals surface area (Å²) in [7, 11) is 0. The Bertz CT molecular complexity index is 1920. The van der Waals surface area contributed by atoms with Crippen molar-refractivity contribution in [2.45, 2.75) is 72.3 Å². The highest BCUT2D eigenvalue weighted by Crippen LogP contribution is 2.46. The quantitative estimate of drug-likeness (QED) is 0.166. The molecule has 1 aliphatic rings. The van der Waals surface area contributed by atoms with Crippen molar-refractivity contribution in [1.82, 2.24) is 24.3 Å². The average Bonchev–Trinajstić information content (AvgIpc) is 3.63. The maximum absolute atomic E-state index is 15.4. The van der Waals surface area contributed by atoms with Crippen LogP contribution in [0.25, 0.3) is 28.3 Å². The molecule has 2 unspecified atom stereocenters. The SMILES string of the molecule is CCCC1CC1n1ccc(-c2nc(O)c(Cc3ccc(-c4ccnc(F)c4C)c(F)c3)c(=O)n2-c2c(CC)cccc2CC)n1. The van der Waals surface area contributed by atoms with Crippen LogP contribution in [0.15, 0.2) is 65.7 Å². The molecule has 1 N–H and O–H groups in total. The second-order valence-electron chi connectivity index (χ2n) is 11.8. The summed E-state index contributed by atoms with van der Waals surface area (Å²) in [5.41, 5.74) is 4.13. The van der Waals surface area contributed by atoms with E-state index in [0.717, 1.165) is 36.1 Å². The van der Waals surface area contributed by atoms with Gasteiger partial charge in [0.2, 0.25) is 11.8 Å². The molecule has 3 aromatic heterocycles. The van der Waals surface area contributed by atoms with Gasteiger partial charge >= 0.3 is 0 Å². The monoisotopic (exact) mass is 609 g/mol. The van der Waals surface area contributed by atoms with Crippen LogP contribution in [0, 0.1) is 24.6 Å². The zero-order valence-corrected chi connectivity index (χ0v) is 26.0. The van der Waals surface area contributed by atoms with E-state index in [0.29, 0.717) is 41.6 Å². The minimum absolute atomic E-state index is 0.0506. The van der Waals surface area contributed by atoms with Crippen molar-refractivity contribution in [2.24, 2.45) is 5.92 Å². The third-order valence-electron chi connectivity index (χ3n) is 8.91. The summed E-state index contributed by atoms with van der Waals surface area (Å²) in [6.07, 6.45) is 7.87. The van der Waals surface area contributed by atoms with Gasteiger partial charge in [0.15, 0.2) is 5.82 Å². The lowest BCUT2D eigenvalue weighted by atomic mass is 9.98. The summed E-state index contributed by atoms with van der Waals surface area (Å²) in [6, 6.07) is 14.2. The summed E-state index contributed by atoms with van der Waals surface area (Å²) in [5, 5.41) is 16.1. The normalized spacial score (nSPS) is 15.9. The van der Waals surface area contributed by atoms with Crippen molar-refractivity contribution in [2.75, 3.05) is 0 Å².